The van der Waals surface area contributed by atoms with Crippen molar-refractivity contribution in [3.63, 3.8) is 0 Å². The van der Waals surface area contributed by atoms with Gasteiger partial charge in [0.2, 0.25) is 0 Å². The third-order valence-corrected chi connectivity index (χ3v) is 3.78. The van der Waals surface area contributed by atoms with E-state index >= 15 is 0 Å². The zero-order valence-electron chi connectivity index (χ0n) is 11.8. The van der Waals surface area contributed by atoms with Crippen LogP contribution in [0.15, 0.2) is 24.3 Å². The smallest absolute Gasteiger partial charge is 0.360 e. The molecule has 7 heteroatoms. The highest BCUT2D eigenvalue weighted by Crippen LogP contribution is 2.21. The van der Waals surface area contributed by atoms with Crippen molar-refractivity contribution in [2.45, 2.75) is 6.92 Å². The van der Waals surface area contributed by atoms with Gasteiger partial charge in [0.15, 0.2) is 5.69 Å². The average Bonchev–Trinajstić information content (AvgIpc) is 2.75. The van der Waals surface area contributed by atoms with Crippen LogP contribution in [0.2, 0.25) is 0 Å². The molecule has 0 unspecified atom stereocenters. The summed E-state index contributed by atoms with van der Waals surface area (Å²) in [6.45, 7) is 1.77. The van der Waals surface area contributed by atoms with Crippen molar-refractivity contribution in [3.8, 4) is 0 Å². The number of aromatic nitrogens is 2. The van der Waals surface area contributed by atoms with Gasteiger partial charge in [-0.2, -0.15) is 5.10 Å². The van der Waals surface area contributed by atoms with Gasteiger partial charge in [0.25, 0.3) is 5.91 Å². The number of hydrogen-bond donors (Lipinski definition) is 1. The number of carbonyl (C=O) groups excluding carboxylic acids is 2. The van der Waals surface area contributed by atoms with Gasteiger partial charge in [-0.25, -0.2) is 4.79 Å². The van der Waals surface area contributed by atoms with E-state index in [0.29, 0.717) is 16.9 Å². The van der Waals surface area contributed by atoms with Gasteiger partial charge in [-0.3, -0.25) is 9.48 Å². The molecule has 0 saturated carbocycles. The van der Waals surface area contributed by atoms with Crippen molar-refractivity contribution in [1.82, 2.24) is 9.78 Å². The second kappa shape index (κ2) is 6.25. The van der Waals surface area contributed by atoms with Crippen molar-refractivity contribution in [2.24, 2.45) is 7.05 Å². The molecular formula is C14H14IN3O3. The summed E-state index contributed by atoms with van der Waals surface area (Å²) in [5, 5.41) is 6.79. The van der Waals surface area contributed by atoms with E-state index in [4.69, 9.17) is 0 Å². The number of methoxy groups -OCH3 is 1. The SMILES string of the molecule is COC(=O)c1nn(C)c(C)c1NC(=O)c1ccc(I)cc1. The maximum absolute atomic E-state index is 12.2. The average molecular weight is 399 g/mol. The van der Waals surface area contributed by atoms with Crippen molar-refractivity contribution < 1.29 is 14.3 Å². The maximum atomic E-state index is 12.2. The van der Waals surface area contributed by atoms with E-state index in [1.165, 1.54) is 11.8 Å². The van der Waals surface area contributed by atoms with Crippen LogP contribution in [-0.4, -0.2) is 28.8 Å². The highest BCUT2D eigenvalue weighted by atomic mass is 127. The molecule has 0 aliphatic heterocycles. The van der Waals surface area contributed by atoms with E-state index < -0.39 is 5.97 Å². The molecule has 0 fully saturated rings. The largest absolute Gasteiger partial charge is 0.464 e. The lowest BCUT2D eigenvalue weighted by Crippen LogP contribution is -2.15. The normalized spacial score (nSPS) is 10.3. The zero-order chi connectivity index (χ0) is 15.6. The Labute approximate surface area is 135 Å². The molecule has 2 rings (SSSR count). The van der Waals surface area contributed by atoms with Crippen molar-refractivity contribution in [1.29, 1.82) is 0 Å². The summed E-state index contributed by atoms with van der Waals surface area (Å²) in [7, 11) is 2.97. The number of benzene rings is 1. The number of nitrogens with one attached hydrogen (secondary N) is 1. The first-order chi connectivity index (χ1) is 9.93. The van der Waals surface area contributed by atoms with E-state index in [2.05, 4.69) is 37.7 Å². The molecule has 1 aromatic carbocycles. The second-order valence-electron chi connectivity index (χ2n) is 4.39. The Bertz CT molecular complexity index is 692. The first kappa shape index (κ1) is 15.5. The number of esters is 1. The lowest BCUT2D eigenvalue weighted by atomic mass is 10.2. The number of rotatable bonds is 3. The van der Waals surface area contributed by atoms with Crippen LogP contribution < -0.4 is 5.32 Å². The number of halogens is 1. The fourth-order valence-electron chi connectivity index (χ4n) is 1.78. The quantitative estimate of drug-likeness (QED) is 0.636. The van der Waals surface area contributed by atoms with Crippen LogP contribution in [-0.2, 0) is 11.8 Å². The van der Waals surface area contributed by atoms with Crippen LogP contribution in [0, 0.1) is 10.5 Å². The molecule has 0 atom stereocenters. The van der Waals surface area contributed by atoms with Crippen molar-refractivity contribution in [2.75, 3.05) is 12.4 Å². The van der Waals surface area contributed by atoms with Crippen LogP contribution >= 0.6 is 22.6 Å². The molecule has 0 aliphatic carbocycles. The van der Waals surface area contributed by atoms with Gasteiger partial charge >= 0.3 is 5.97 Å². The van der Waals surface area contributed by atoms with Gasteiger partial charge in [0, 0.05) is 16.2 Å². The second-order valence-corrected chi connectivity index (χ2v) is 5.63. The number of nitrogens with zero attached hydrogens (tertiary/aromatic N) is 2. The first-order valence-electron chi connectivity index (χ1n) is 6.13. The van der Waals surface area contributed by atoms with Gasteiger partial charge in [-0.1, -0.05) is 0 Å². The number of carbonyl (C=O) groups is 2. The Morgan fingerprint density at radius 2 is 1.90 bits per heavy atom. The monoisotopic (exact) mass is 399 g/mol. The number of anilines is 1. The van der Waals surface area contributed by atoms with Crippen LogP contribution in [0.1, 0.15) is 26.5 Å². The van der Waals surface area contributed by atoms with Crippen LogP contribution in [0.5, 0.6) is 0 Å². The predicted molar refractivity (Wildman–Crippen MR) is 86.4 cm³/mol. The van der Waals surface area contributed by atoms with E-state index in [1.807, 2.05) is 12.1 Å². The van der Waals surface area contributed by atoms with Gasteiger partial charge in [0.05, 0.1) is 18.5 Å². The molecule has 0 saturated heterocycles. The summed E-state index contributed by atoms with van der Waals surface area (Å²) >= 11 is 2.16. The summed E-state index contributed by atoms with van der Waals surface area (Å²) < 4.78 is 7.24. The van der Waals surface area contributed by atoms with Crippen LogP contribution in [0.4, 0.5) is 5.69 Å². The predicted octanol–water partition coefficient (Wildman–Crippen LogP) is 2.37. The van der Waals surface area contributed by atoms with E-state index in [9.17, 15) is 9.59 Å². The van der Waals surface area contributed by atoms with E-state index in [1.54, 1.807) is 26.1 Å². The van der Waals surface area contributed by atoms with Gasteiger partial charge in [-0.15, -0.1) is 0 Å². The fraction of sp³-hybridized carbons (Fsp3) is 0.214. The minimum atomic E-state index is -0.586. The van der Waals surface area contributed by atoms with E-state index in [-0.39, 0.29) is 11.6 Å². The first-order valence-corrected chi connectivity index (χ1v) is 7.20. The molecule has 2 aromatic rings. The van der Waals surface area contributed by atoms with Crippen LogP contribution in [0.3, 0.4) is 0 Å². The molecule has 1 heterocycles. The Morgan fingerprint density at radius 1 is 1.29 bits per heavy atom. The molecule has 0 radical (unpaired) electrons. The standard InChI is InChI=1S/C14H14IN3O3/c1-8-11(12(14(20)21-3)17-18(8)2)16-13(19)9-4-6-10(15)7-5-9/h4-7H,1-3H3,(H,16,19). The number of aryl methyl sites for hydroxylation is 1. The molecule has 0 bridgehead atoms. The molecule has 1 amide bonds. The summed E-state index contributed by atoms with van der Waals surface area (Å²) in [5.41, 5.74) is 1.65. The lowest BCUT2D eigenvalue weighted by Gasteiger charge is -2.06. The number of hydrogen-bond acceptors (Lipinski definition) is 4. The molecule has 1 N–H and O–H groups in total. The molecular weight excluding hydrogens is 385 g/mol. The highest BCUT2D eigenvalue weighted by Gasteiger charge is 2.22. The molecule has 110 valence electrons. The lowest BCUT2D eigenvalue weighted by molar-refractivity contribution is 0.0594. The Kier molecular flexibility index (Phi) is 4.61. The Balaban J connectivity index is 2.32. The summed E-state index contributed by atoms with van der Waals surface area (Å²) in [6.07, 6.45) is 0. The third kappa shape index (κ3) is 3.23. The van der Waals surface area contributed by atoms with Crippen molar-refractivity contribution in [3.05, 3.63) is 44.8 Å². The topological polar surface area (TPSA) is 73.2 Å². The Morgan fingerprint density at radius 3 is 2.48 bits per heavy atom. The molecule has 0 spiro atoms. The summed E-state index contributed by atoms with van der Waals surface area (Å²) in [5.74, 6) is -0.885. The summed E-state index contributed by atoms with van der Waals surface area (Å²) in [6, 6.07) is 7.13. The summed E-state index contributed by atoms with van der Waals surface area (Å²) in [4.78, 5) is 24.0. The molecule has 0 aliphatic rings. The number of amides is 1. The molecule has 21 heavy (non-hydrogen) atoms. The zero-order valence-corrected chi connectivity index (χ0v) is 14.0. The maximum Gasteiger partial charge on any atom is 0.360 e. The number of ether oxygens (including phenoxy) is 1. The minimum Gasteiger partial charge on any atom is -0.464 e. The van der Waals surface area contributed by atoms with Gasteiger partial charge in [0.1, 0.15) is 0 Å². The minimum absolute atomic E-state index is 0.0939. The third-order valence-electron chi connectivity index (χ3n) is 3.06. The fourth-order valence-corrected chi connectivity index (χ4v) is 2.14. The highest BCUT2D eigenvalue weighted by molar-refractivity contribution is 14.1. The van der Waals surface area contributed by atoms with Crippen LogP contribution in [0.25, 0.3) is 0 Å². The molecule has 6 nitrogen and oxygen atoms in total. The van der Waals surface area contributed by atoms with Gasteiger partial charge in [-0.05, 0) is 53.8 Å². The van der Waals surface area contributed by atoms with E-state index in [0.717, 1.165) is 3.57 Å². The Hall–Kier alpha value is -1.90. The van der Waals surface area contributed by atoms with Crippen molar-refractivity contribution >= 4 is 40.2 Å². The van der Waals surface area contributed by atoms with Gasteiger partial charge < -0.3 is 10.1 Å². The molecule has 1 aromatic heterocycles.